The van der Waals surface area contributed by atoms with Crippen LogP contribution in [-0.2, 0) is 9.59 Å². The lowest BCUT2D eigenvalue weighted by atomic mass is 10.2. The molecule has 0 aliphatic carbocycles. The fourth-order valence-corrected chi connectivity index (χ4v) is 2.88. The average Bonchev–Trinajstić information content (AvgIpc) is 2.87. The van der Waals surface area contributed by atoms with E-state index in [0.717, 1.165) is 28.6 Å². The number of carbonyl (C=O) groups excluding carboxylic acids is 3. The summed E-state index contributed by atoms with van der Waals surface area (Å²) in [6, 6.07) is 6.97. The zero-order chi connectivity index (χ0) is 18.2. The fourth-order valence-electron chi connectivity index (χ4n) is 2.04. The Hall–Kier alpha value is -2.72. The first kappa shape index (κ1) is 18.6. The van der Waals surface area contributed by atoms with Gasteiger partial charge in [-0.25, -0.2) is 0 Å². The van der Waals surface area contributed by atoms with E-state index < -0.39 is 11.1 Å². The highest BCUT2D eigenvalue weighted by Gasteiger charge is 2.36. The maximum atomic E-state index is 12.3. The van der Waals surface area contributed by atoms with Crippen molar-refractivity contribution in [2.24, 2.45) is 0 Å². The van der Waals surface area contributed by atoms with Crippen LogP contribution in [0.3, 0.4) is 0 Å². The van der Waals surface area contributed by atoms with Gasteiger partial charge >= 0.3 is 0 Å². The lowest BCUT2D eigenvalue weighted by Gasteiger charge is -2.11. The van der Waals surface area contributed by atoms with Gasteiger partial charge in [0.25, 0.3) is 11.1 Å². The van der Waals surface area contributed by atoms with Crippen molar-refractivity contribution in [3.8, 4) is 18.1 Å². The van der Waals surface area contributed by atoms with E-state index in [1.165, 1.54) is 0 Å². The van der Waals surface area contributed by atoms with Crippen LogP contribution in [0.1, 0.15) is 18.9 Å². The number of hydrogen-bond acceptors (Lipinski definition) is 5. The molecule has 7 heteroatoms. The predicted molar refractivity (Wildman–Crippen MR) is 96.7 cm³/mol. The van der Waals surface area contributed by atoms with Crippen LogP contribution in [0, 0.1) is 12.3 Å². The summed E-state index contributed by atoms with van der Waals surface area (Å²) < 4.78 is 5.28. The van der Waals surface area contributed by atoms with E-state index in [1.807, 2.05) is 6.92 Å². The molecule has 1 saturated heterocycles. The molecule has 0 atom stereocenters. The van der Waals surface area contributed by atoms with E-state index >= 15 is 0 Å². The molecule has 1 aromatic rings. The van der Waals surface area contributed by atoms with Gasteiger partial charge in [-0.3, -0.25) is 19.3 Å². The second-order valence-corrected chi connectivity index (χ2v) is 6.17. The number of imide groups is 1. The highest BCUT2D eigenvalue weighted by atomic mass is 32.2. The Kier molecular flexibility index (Phi) is 6.66. The molecule has 6 nitrogen and oxygen atoms in total. The number of amides is 3. The third kappa shape index (κ3) is 5.13. The summed E-state index contributed by atoms with van der Waals surface area (Å²) in [5.41, 5.74) is 0.744. The summed E-state index contributed by atoms with van der Waals surface area (Å²) in [6.07, 6.45) is 7.53. The number of carbonyl (C=O) groups is 3. The number of benzene rings is 1. The number of ether oxygens (including phenoxy) is 1. The fraction of sp³-hybridized carbons (Fsp3) is 0.278. The monoisotopic (exact) mass is 358 g/mol. The van der Waals surface area contributed by atoms with Crippen LogP contribution in [0.2, 0.25) is 0 Å². The standard InChI is InChI=1S/C18H18N2O4S/c1-3-9-19-16(21)12-20-17(22)15(25-18(20)23)11-13-5-7-14(8-6-13)24-10-4-2/h2,5-8,11H,3,9-10,12H2,1H3,(H,19,21)/b15-11-. The summed E-state index contributed by atoms with van der Waals surface area (Å²) in [4.78, 5) is 37.3. The summed E-state index contributed by atoms with van der Waals surface area (Å²) >= 11 is 0.821. The Labute approximate surface area is 150 Å². The molecule has 1 aliphatic rings. The van der Waals surface area contributed by atoms with Crippen LogP contribution in [0.15, 0.2) is 29.2 Å². The molecule has 0 unspecified atom stereocenters. The van der Waals surface area contributed by atoms with E-state index in [-0.39, 0.29) is 24.0 Å². The number of terminal acetylenes is 1. The van der Waals surface area contributed by atoms with E-state index in [0.29, 0.717) is 12.3 Å². The molecular formula is C18H18N2O4S. The topological polar surface area (TPSA) is 75.7 Å². The molecule has 3 amide bonds. The second-order valence-electron chi connectivity index (χ2n) is 5.18. The van der Waals surface area contributed by atoms with Crippen LogP contribution in [0.5, 0.6) is 5.75 Å². The molecule has 0 radical (unpaired) electrons. The van der Waals surface area contributed by atoms with Crippen LogP contribution in [0.25, 0.3) is 6.08 Å². The van der Waals surface area contributed by atoms with Gasteiger partial charge in [0.1, 0.15) is 18.9 Å². The number of thioether (sulfide) groups is 1. The second kappa shape index (κ2) is 8.94. The SMILES string of the molecule is C#CCOc1ccc(/C=C2\SC(=O)N(CC(=O)NCCC)C2=O)cc1. The minimum Gasteiger partial charge on any atom is -0.481 e. The zero-order valence-corrected chi connectivity index (χ0v) is 14.6. The van der Waals surface area contributed by atoms with E-state index in [2.05, 4.69) is 11.2 Å². The zero-order valence-electron chi connectivity index (χ0n) is 13.8. The molecule has 1 aromatic carbocycles. The summed E-state index contributed by atoms with van der Waals surface area (Å²) in [5.74, 6) is 2.19. The van der Waals surface area contributed by atoms with Crippen molar-refractivity contribution in [1.82, 2.24) is 10.2 Å². The van der Waals surface area contributed by atoms with Crippen molar-refractivity contribution in [3.63, 3.8) is 0 Å². The minimum atomic E-state index is -0.464. The van der Waals surface area contributed by atoms with E-state index in [1.54, 1.807) is 30.3 Å². The number of nitrogens with one attached hydrogen (secondary N) is 1. The molecule has 1 fully saturated rings. The molecule has 0 saturated carbocycles. The number of nitrogens with zero attached hydrogens (tertiary/aromatic N) is 1. The summed E-state index contributed by atoms with van der Waals surface area (Å²) in [6.45, 7) is 2.35. The normalized spacial score (nSPS) is 15.4. The minimum absolute atomic E-state index is 0.179. The van der Waals surface area contributed by atoms with Crippen LogP contribution < -0.4 is 10.1 Å². The first-order chi connectivity index (χ1) is 12.0. The Morgan fingerprint density at radius 3 is 2.72 bits per heavy atom. The highest BCUT2D eigenvalue weighted by molar-refractivity contribution is 8.18. The van der Waals surface area contributed by atoms with Gasteiger partial charge in [0.2, 0.25) is 5.91 Å². The van der Waals surface area contributed by atoms with E-state index in [9.17, 15) is 14.4 Å². The number of hydrogen-bond donors (Lipinski definition) is 1. The molecular weight excluding hydrogens is 340 g/mol. The molecule has 0 aromatic heterocycles. The Morgan fingerprint density at radius 1 is 1.36 bits per heavy atom. The first-order valence-corrected chi connectivity index (χ1v) is 8.55. The third-order valence-electron chi connectivity index (χ3n) is 3.25. The molecule has 25 heavy (non-hydrogen) atoms. The summed E-state index contributed by atoms with van der Waals surface area (Å²) in [7, 11) is 0. The van der Waals surface area contributed by atoms with Crippen molar-refractivity contribution >= 4 is 34.9 Å². The van der Waals surface area contributed by atoms with Gasteiger partial charge in [-0.15, -0.1) is 6.42 Å². The number of rotatable bonds is 7. The van der Waals surface area contributed by atoms with Gasteiger partial charge in [-0.05, 0) is 42.0 Å². The van der Waals surface area contributed by atoms with Crippen molar-refractivity contribution in [2.45, 2.75) is 13.3 Å². The van der Waals surface area contributed by atoms with Gasteiger partial charge in [-0.2, -0.15) is 0 Å². The van der Waals surface area contributed by atoms with Crippen molar-refractivity contribution in [1.29, 1.82) is 0 Å². The van der Waals surface area contributed by atoms with Gasteiger partial charge < -0.3 is 10.1 Å². The van der Waals surface area contributed by atoms with Crippen LogP contribution in [-0.4, -0.2) is 41.6 Å². The van der Waals surface area contributed by atoms with Gasteiger partial charge in [0.05, 0.1) is 4.91 Å². The van der Waals surface area contributed by atoms with Crippen molar-refractivity contribution < 1.29 is 19.1 Å². The quantitative estimate of drug-likeness (QED) is 0.598. The largest absolute Gasteiger partial charge is 0.481 e. The smallest absolute Gasteiger partial charge is 0.294 e. The van der Waals surface area contributed by atoms with Gasteiger partial charge in [-0.1, -0.05) is 25.0 Å². The third-order valence-corrected chi connectivity index (χ3v) is 4.15. The highest BCUT2D eigenvalue weighted by Crippen LogP contribution is 2.32. The maximum Gasteiger partial charge on any atom is 0.294 e. The van der Waals surface area contributed by atoms with E-state index in [4.69, 9.17) is 11.2 Å². The molecule has 1 heterocycles. The lowest BCUT2D eigenvalue weighted by Crippen LogP contribution is -2.39. The Morgan fingerprint density at radius 2 is 2.08 bits per heavy atom. The molecule has 130 valence electrons. The Bertz CT molecular complexity index is 734. The predicted octanol–water partition coefficient (Wildman–Crippen LogP) is 2.26. The molecule has 0 spiro atoms. The van der Waals surface area contributed by atoms with Crippen molar-refractivity contribution in [2.75, 3.05) is 19.7 Å². The van der Waals surface area contributed by atoms with Crippen molar-refractivity contribution in [3.05, 3.63) is 34.7 Å². The molecule has 1 N–H and O–H groups in total. The van der Waals surface area contributed by atoms with Gasteiger partial charge in [0.15, 0.2) is 0 Å². The van der Waals surface area contributed by atoms with Crippen LogP contribution >= 0.6 is 11.8 Å². The lowest BCUT2D eigenvalue weighted by molar-refractivity contribution is -0.129. The molecule has 0 bridgehead atoms. The maximum absolute atomic E-state index is 12.3. The molecule has 2 rings (SSSR count). The average molecular weight is 358 g/mol. The van der Waals surface area contributed by atoms with Gasteiger partial charge in [0, 0.05) is 6.54 Å². The Balaban J connectivity index is 2.04. The first-order valence-electron chi connectivity index (χ1n) is 7.73. The van der Waals surface area contributed by atoms with Crippen LogP contribution in [0.4, 0.5) is 4.79 Å². The molecule has 1 aliphatic heterocycles. The summed E-state index contributed by atoms with van der Waals surface area (Å²) in [5, 5.41) is 2.20.